The van der Waals surface area contributed by atoms with Crippen LogP contribution in [0.15, 0.2) is 18.3 Å². The van der Waals surface area contributed by atoms with Gasteiger partial charge in [-0.15, -0.1) is 11.6 Å². The largest absolute Gasteiger partial charge is 0.347 e. The van der Waals surface area contributed by atoms with Gasteiger partial charge in [-0.2, -0.15) is 0 Å². The van der Waals surface area contributed by atoms with Gasteiger partial charge in [0.05, 0.1) is 7.11 Å². The second-order valence-corrected chi connectivity index (χ2v) is 1.98. The van der Waals surface area contributed by atoms with Crippen LogP contribution >= 0.6 is 11.6 Å². The van der Waals surface area contributed by atoms with Crippen LogP contribution in [0, 0.1) is 0 Å². The van der Waals surface area contributed by atoms with Gasteiger partial charge in [0.1, 0.15) is 11.8 Å². The molecular formula is C6H9ClN2O. The molecule has 3 nitrogen and oxygen atoms in total. The van der Waals surface area contributed by atoms with Crippen molar-refractivity contribution >= 4 is 17.4 Å². The Morgan fingerprint density at radius 2 is 2.60 bits per heavy atom. The van der Waals surface area contributed by atoms with Crippen molar-refractivity contribution in [3.8, 4) is 0 Å². The quantitative estimate of drug-likeness (QED) is 0.413. The van der Waals surface area contributed by atoms with Crippen LogP contribution in [0.2, 0.25) is 0 Å². The summed E-state index contributed by atoms with van der Waals surface area (Å²) in [5.74, 6) is 0.859. The molecule has 0 fully saturated rings. The fourth-order valence-electron chi connectivity index (χ4n) is 0.688. The third-order valence-electron chi connectivity index (χ3n) is 1.18. The van der Waals surface area contributed by atoms with Gasteiger partial charge in [0.2, 0.25) is 0 Å². The second kappa shape index (κ2) is 3.49. The number of aromatic amines is 1. The molecule has 0 radical (unpaired) electrons. The lowest BCUT2D eigenvalue weighted by Crippen LogP contribution is -2.19. The van der Waals surface area contributed by atoms with Gasteiger partial charge in [0, 0.05) is 6.20 Å². The highest BCUT2D eigenvalue weighted by atomic mass is 35.5. The SMILES string of the molecule is CON(CCl)c1ccc[nH]1. The number of H-pyrrole nitrogens is 1. The Kier molecular flexibility index (Phi) is 2.59. The molecule has 0 aliphatic rings. The molecule has 0 saturated carbocycles. The maximum absolute atomic E-state index is 5.54. The average molecular weight is 161 g/mol. The summed E-state index contributed by atoms with van der Waals surface area (Å²) in [4.78, 5) is 7.87. The number of hydrogen-bond acceptors (Lipinski definition) is 2. The predicted octanol–water partition coefficient (Wildman–Crippen LogP) is 1.58. The number of anilines is 1. The highest BCUT2D eigenvalue weighted by Crippen LogP contribution is 2.09. The number of alkyl halides is 1. The number of hydroxylamine groups is 1. The smallest absolute Gasteiger partial charge is 0.131 e. The molecule has 0 amide bonds. The third-order valence-corrected chi connectivity index (χ3v) is 1.40. The Balaban J connectivity index is 2.64. The van der Waals surface area contributed by atoms with E-state index in [1.54, 1.807) is 12.2 Å². The zero-order chi connectivity index (χ0) is 7.40. The Bertz CT molecular complexity index is 172. The van der Waals surface area contributed by atoms with E-state index in [1.165, 1.54) is 0 Å². The minimum atomic E-state index is 0.316. The molecule has 0 aliphatic carbocycles. The van der Waals surface area contributed by atoms with E-state index >= 15 is 0 Å². The van der Waals surface area contributed by atoms with Gasteiger partial charge in [0.25, 0.3) is 0 Å². The lowest BCUT2D eigenvalue weighted by molar-refractivity contribution is 0.177. The average Bonchev–Trinajstić information content (AvgIpc) is 2.43. The molecule has 4 heteroatoms. The maximum Gasteiger partial charge on any atom is 0.131 e. The number of nitrogens with zero attached hydrogens (tertiary/aromatic N) is 1. The first-order chi connectivity index (χ1) is 4.88. The van der Waals surface area contributed by atoms with Crippen molar-refractivity contribution in [2.24, 2.45) is 0 Å². The number of rotatable bonds is 3. The van der Waals surface area contributed by atoms with Crippen molar-refractivity contribution in [1.29, 1.82) is 0 Å². The molecule has 1 N–H and O–H groups in total. The third kappa shape index (κ3) is 1.43. The number of halogens is 1. The molecule has 0 bridgehead atoms. The molecule has 0 aliphatic heterocycles. The van der Waals surface area contributed by atoms with Crippen molar-refractivity contribution in [3.63, 3.8) is 0 Å². The van der Waals surface area contributed by atoms with Crippen LogP contribution < -0.4 is 5.06 Å². The monoisotopic (exact) mass is 160 g/mol. The maximum atomic E-state index is 5.54. The van der Waals surface area contributed by atoms with Gasteiger partial charge in [-0.3, -0.25) is 4.84 Å². The standard InChI is InChI=1S/C6H9ClN2O/c1-10-9(5-7)6-3-2-4-8-6/h2-4,8H,5H2,1H3. The van der Waals surface area contributed by atoms with Crippen molar-refractivity contribution in [2.45, 2.75) is 0 Å². The molecule has 0 atom stereocenters. The predicted molar refractivity (Wildman–Crippen MR) is 41.0 cm³/mol. The summed E-state index contributed by atoms with van der Waals surface area (Å²) in [7, 11) is 1.57. The van der Waals surface area contributed by atoms with Crippen LogP contribution in [0.4, 0.5) is 5.82 Å². The van der Waals surface area contributed by atoms with Gasteiger partial charge in [-0.1, -0.05) is 0 Å². The fourth-order valence-corrected chi connectivity index (χ4v) is 0.914. The minimum absolute atomic E-state index is 0.316. The molecular weight excluding hydrogens is 152 g/mol. The van der Waals surface area contributed by atoms with Crippen molar-refractivity contribution < 1.29 is 4.84 Å². The summed E-state index contributed by atoms with van der Waals surface area (Å²) >= 11 is 5.54. The van der Waals surface area contributed by atoms with Crippen LogP contribution in [0.3, 0.4) is 0 Å². The van der Waals surface area contributed by atoms with E-state index in [1.807, 2.05) is 18.3 Å². The summed E-state index contributed by atoms with van der Waals surface area (Å²) < 4.78 is 0. The highest BCUT2D eigenvalue weighted by Gasteiger charge is 2.01. The lowest BCUT2D eigenvalue weighted by atomic mass is 10.6. The Hall–Kier alpha value is -0.670. The molecule has 0 unspecified atom stereocenters. The van der Waals surface area contributed by atoms with Crippen LogP contribution in [0.5, 0.6) is 0 Å². The first-order valence-corrected chi connectivity index (χ1v) is 3.43. The van der Waals surface area contributed by atoms with Crippen LogP contribution in [0.25, 0.3) is 0 Å². The van der Waals surface area contributed by atoms with E-state index < -0.39 is 0 Å². The van der Waals surface area contributed by atoms with Crippen molar-refractivity contribution in [1.82, 2.24) is 4.98 Å². The van der Waals surface area contributed by atoms with Gasteiger partial charge >= 0.3 is 0 Å². The van der Waals surface area contributed by atoms with Gasteiger partial charge in [0.15, 0.2) is 0 Å². The molecule has 1 rings (SSSR count). The number of hydrogen-bond donors (Lipinski definition) is 1. The molecule has 10 heavy (non-hydrogen) atoms. The fraction of sp³-hybridized carbons (Fsp3) is 0.333. The first-order valence-electron chi connectivity index (χ1n) is 2.89. The van der Waals surface area contributed by atoms with E-state index in [-0.39, 0.29) is 0 Å². The highest BCUT2D eigenvalue weighted by molar-refractivity contribution is 6.18. The van der Waals surface area contributed by atoms with E-state index in [2.05, 4.69) is 4.98 Å². The van der Waals surface area contributed by atoms with Crippen molar-refractivity contribution in [3.05, 3.63) is 18.3 Å². The molecule has 56 valence electrons. The normalized spacial score (nSPS) is 9.80. The molecule has 1 heterocycles. The van der Waals surface area contributed by atoms with Crippen molar-refractivity contribution in [2.75, 3.05) is 18.2 Å². The summed E-state index contributed by atoms with van der Waals surface area (Å²) in [6.07, 6.45) is 1.81. The number of aromatic nitrogens is 1. The second-order valence-electron chi connectivity index (χ2n) is 1.74. The summed E-state index contributed by atoms with van der Waals surface area (Å²) in [6, 6.07) is 4.08. The van der Waals surface area contributed by atoms with Crippen LogP contribution in [-0.2, 0) is 4.84 Å². The minimum Gasteiger partial charge on any atom is -0.347 e. The van der Waals surface area contributed by atoms with E-state index in [9.17, 15) is 0 Å². The molecule has 1 aromatic rings. The van der Waals surface area contributed by atoms with Gasteiger partial charge < -0.3 is 4.98 Å². The molecule has 1 aromatic heterocycles. The molecule has 0 aromatic carbocycles. The molecule has 0 spiro atoms. The van der Waals surface area contributed by atoms with Gasteiger partial charge in [-0.25, -0.2) is 5.06 Å². The Morgan fingerprint density at radius 1 is 1.80 bits per heavy atom. The molecule has 0 saturated heterocycles. The van der Waals surface area contributed by atoms with E-state index in [0.717, 1.165) is 5.82 Å². The summed E-state index contributed by atoms with van der Waals surface area (Å²) in [5, 5.41) is 1.54. The van der Waals surface area contributed by atoms with E-state index in [4.69, 9.17) is 16.4 Å². The Morgan fingerprint density at radius 3 is 3.00 bits per heavy atom. The first kappa shape index (κ1) is 7.44. The zero-order valence-corrected chi connectivity index (χ0v) is 6.43. The topological polar surface area (TPSA) is 28.3 Å². The zero-order valence-electron chi connectivity index (χ0n) is 5.67. The summed E-state index contributed by atoms with van der Waals surface area (Å²) in [5.41, 5.74) is 0. The van der Waals surface area contributed by atoms with Crippen LogP contribution in [0.1, 0.15) is 0 Å². The number of nitrogens with one attached hydrogen (secondary N) is 1. The summed E-state index contributed by atoms with van der Waals surface area (Å²) in [6.45, 7) is 0. The van der Waals surface area contributed by atoms with Crippen LogP contribution in [-0.4, -0.2) is 18.1 Å². The van der Waals surface area contributed by atoms with Gasteiger partial charge in [-0.05, 0) is 12.1 Å². The lowest BCUT2D eigenvalue weighted by Gasteiger charge is -2.15. The Labute approximate surface area is 64.5 Å². The van der Waals surface area contributed by atoms with E-state index in [0.29, 0.717) is 6.00 Å².